The molecule has 0 bridgehead atoms. The molecule has 2 N–H and O–H groups in total. The summed E-state index contributed by atoms with van der Waals surface area (Å²) in [5.41, 5.74) is 5.08. The van der Waals surface area contributed by atoms with Crippen molar-refractivity contribution in [1.29, 1.82) is 0 Å². The van der Waals surface area contributed by atoms with Crippen molar-refractivity contribution >= 4 is 5.97 Å². The van der Waals surface area contributed by atoms with Gasteiger partial charge in [-0.15, -0.1) is 0 Å². The maximum atomic E-state index is 11.4. The van der Waals surface area contributed by atoms with Gasteiger partial charge in [-0.05, 0) is 39.5 Å². The number of rotatable bonds is 3. The maximum Gasteiger partial charge on any atom is 0.326 e. The molecule has 0 aromatic heterocycles. The molecule has 0 aromatic rings. The number of hydrogen-bond acceptors (Lipinski definition) is 3. The molecule has 0 aliphatic heterocycles. The number of hydrogen-bond donors (Lipinski definition) is 1. The highest BCUT2D eigenvalue weighted by Gasteiger charge is 2.45. The molecule has 0 saturated heterocycles. The summed E-state index contributed by atoms with van der Waals surface area (Å²) in [6, 6.07) is 0. The molecule has 70 valence electrons. The Bertz CT molecular complexity index is 183. The Hall–Kier alpha value is -0.570. The van der Waals surface area contributed by atoms with Gasteiger partial charge < -0.3 is 10.5 Å². The van der Waals surface area contributed by atoms with Crippen molar-refractivity contribution in [2.45, 2.75) is 45.3 Å². The Kier molecular flexibility index (Phi) is 2.42. The van der Waals surface area contributed by atoms with Crippen molar-refractivity contribution in [3.8, 4) is 0 Å². The zero-order valence-electron chi connectivity index (χ0n) is 7.96. The Labute approximate surface area is 73.3 Å². The van der Waals surface area contributed by atoms with Crippen LogP contribution in [0.25, 0.3) is 0 Å². The zero-order valence-corrected chi connectivity index (χ0v) is 7.96. The van der Waals surface area contributed by atoms with Crippen LogP contribution in [-0.4, -0.2) is 17.6 Å². The van der Waals surface area contributed by atoms with E-state index in [4.69, 9.17) is 10.5 Å². The maximum absolute atomic E-state index is 11.4. The molecule has 1 unspecified atom stereocenters. The molecule has 0 radical (unpaired) electrons. The first-order valence-corrected chi connectivity index (χ1v) is 4.44. The van der Waals surface area contributed by atoms with Crippen molar-refractivity contribution in [2.24, 2.45) is 11.7 Å². The van der Waals surface area contributed by atoms with Crippen LogP contribution in [0.5, 0.6) is 0 Å². The third-order valence-corrected chi connectivity index (χ3v) is 2.21. The van der Waals surface area contributed by atoms with Gasteiger partial charge >= 0.3 is 5.97 Å². The van der Waals surface area contributed by atoms with Gasteiger partial charge in [-0.1, -0.05) is 0 Å². The normalized spacial score (nSPS) is 22.1. The summed E-state index contributed by atoms with van der Waals surface area (Å²) in [7, 11) is 0. The lowest BCUT2D eigenvalue weighted by atomic mass is 9.98. The second-order valence-corrected chi connectivity index (χ2v) is 4.01. The summed E-state index contributed by atoms with van der Waals surface area (Å²) in [6.07, 6.45) is 2.04. The number of carbonyl (C=O) groups is 1. The number of carbonyl (C=O) groups excluding carboxylic acids is 1. The fourth-order valence-electron chi connectivity index (χ4n) is 1.19. The van der Waals surface area contributed by atoms with E-state index in [9.17, 15) is 4.79 Å². The van der Waals surface area contributed by atoms with E-state index in [-0.39, 0.29) is 12.1 Å². The minimum atomic E-state index is -0.760. The van der Waals surface area contributed by atoms with Gasteiger partial charge in [0.1, 0.15) is 5.54 Å². The Balaban J connectivity index is 2.49. The van der Waals surface area contributed by atoms with Crippen LogP contribution in [0.1, 0.15) is 33.6 Å². The van der Waals surface area contributed by atoms with Crippen LogP contribution < -0.4 is 5.73 Å². The summed E-state index contributed by atoms with van der Waals surface area (Å²) >= 11 is 0. The van der Waals surface area contributed by atoms with E-state index in [0.29, 0.717) is 5.92 Å². The van der Waals surface area contributed by atoms with E-state index in [1.54, 1.807) is 6.92 Å². The molecule has 0 heterocycles. The van der Waals surface area contributed by atoms with E-state index < -0.39 is 5.54 Å². The SMILES string of the molecule is CC(C)OC(=O)C(C)(N)C1CC1. The molecule has 3 heteroatoms. The van der Waals surface area contributed by atoms with E-state index in [2.05, 4.69) is 0 Å². The van der Waals surface area contributed by atoms with Gasteiger partial charge in [0.05, 0.1) is 6.10 Å². The van der Waals surface area contributed by atoms with Gasteiger partial charge in [-0.3, -0.25) is 4.79 Å². The van der Waals surface area contributed by atoms with Gasteiger partial charge in [0.15, 0.2) is 0 Å². The Morgan fingerprint density at radius 2 is 2.08 bits per heavy atom. The molecule has 1 saturated carbocycles. The van der Waals surface area contributed by atoms with Gasteiger partial charge in [0.2, 0.25) is 0 Å². The predicted molar refractivity (Wildman–Crippen MR) is 46.5 cm³/mol. The number of nitrogens with two attached hydrogens (primary N) is 1. The number of esters is 1. The zero-order chi connectivity index (χ0) is 9.35. The van der Waals surface area contributed by atoms with E-state index in [0.717, 1.165) is 12.8 Å². The minimum Gasteiger partial charge on any atom is -0.462 e. The molecule has 0 aromatic carbocycles. The van der Waals surface area contributed by atoms with Gasteiger partial charge in [0.25, 0.3) is 0 Å². The average Bonchev–Trinajstić information content (AvgIpc) is 2.65. The predicted octanol–water partition coefficient (Wildman–Crippen LogP) is 1.07. The van der Waals surface area contributed by atoms with Crippen LogP contribution in [0.15, 0.2) is 0 Å². The van der Waals surface area contributed by atoms with E-state index in [1.807, 2.05) is 13.8 Å². The highest BCUT2D eigenvalue weighted by atomic mass is 16.5. The second-order valence-electron chi connectivity index (χ2n) is 4.01. The molecular formula is C9H17NO2. The Morgan fingerprint density at radius 3 is 2.42 bits per heavy atom. The van der Waals surface area contributed by atoms with Gasteiger partial charge in [-0.25, -0.2) is 0 Å². The first-order chi connectivity index (χ1) is 5.44. The molecule has 1 atom stereocenters. The molecule has 1 fully saturated rings. The average molecular weight is 171 g/mol. The molecular weight excluding hydrogens is 154 g/mol. The van der Waals surface area contributed by atoms with E-state index in [1.165, 1.54) is 0 Å². The summed E-state index contributed by atoms with van der Waals surface area (Å²) in [5.74, 6) is 0.0729. The van der Waals surface area contributed by atoms with Crippen LogP contribution in [0, 0.1) is 5.92 Å². The molecule has 0 spiro atoms. The topological polar surface area (TPSA) is 52.3 Å². The van der Waals surface area contributed by atoms with Crippen molar-refractivity contribution in [2.75, 3.05) is 0 Å². The quantitative estimate of drug-likeness (QED) is 0.646. The monoisotopic (exact) mass is 171 g/mol. The van der Waals surface area contributed by atoms with Crippen LogP contribution in [-0.2, 0) is 9.53 Å². The first-order valence-electron chi connectivity index (χ1n) is 4.44. The summed E-state index contributed by atoms with van der Waals surface area (Å²) in [4.78, 5) is 11.4. The molecule has 1 aliphatic rings. The lowest BCUT2D eigenvalue weighted by molar-refractivity contribution is -0.154. The minimum absolute atomic E-state index is 0.0703. The highest BCUT2D eigenvalue weighted by Crippen LogP contribution is 2.38. The van der Waals surface area contributed by atoms with Crippen molar-refractivity contribution < 1.29 is 9.53 Å². The first kappa shape index (κ1) is 9.52. The molecule has 1 rings (SSSR count). The smallest absolute Gasteiger partial charge is 0.326 e. The fourth-order valence-corrected chi connectivity index (χ4v) is 1.19. The highest BCUT2D eigenvalue weighted by molar-refractivity contribution is 5.81. The molecule has 3 nitrogen and oxygen atoms in total. The third-order valence-electron chi connectivity index (χ3n) is 2.21. The standard InChI is InChI=1S/C9H17NO2/c1-6(2)12-8(11)9(3,10)7-4-5-7/h6-7H,4-5,10H2,1-3H3. The summed E-state index contributed by atoms with van der Waals surface area (Å²) < 4.78 is 5.05. The summed E-state index contributed by atoms with van der Waals surface area (Å²) in [6.45, 7) is 5.43. The van der Waals surface area contributed by atoms with Crippen molar-refractivity contribution in [3.63, 3.8) is 0 Å². The van der Waals surface area contributed by atoms with Crippen molar-refractivity contribution in [1.82, 2.24) is 0 Å². The molecule has 1 aliphatic carbocycles. The molecule has 12 heavy (non-hydrogen) atoms. The van der Waals surface area contributed by atoms with E-state index >= 15 is 0 Å². The van der Waals surface area contributed by atoms with Crippen LogP contribution in [0.2, 0.25) is 0 Å². The Morgan fingerprint density at radius 1 is 1.58 bits per heavy atom. The summed E-state index contributed by atoms with van der Waals surface area (Å²) in [5, 5.41) is 0. The van der Waals surface area contributed by atoms with Crippen LogP contribution in [0.3, 0.4) is 0 Å². The van der Waals surface area contributed by atoms with Gasteiger partial charge in [0, 0.05) is 0 Å². The largest absolute Gasteiger partial charge is 0.462 e. The molecule has 0 amide bonds. The lowest BCUT2D eigenvalue weighted by Gasteiger charge is -2.23. The second kappa shape index (κ2) is 3.05. The van der Waals surface area contributed by atoms with Crippen LogP contribution in [0.4, 0.5) is 0 Å². The lowest BCUT2D eigenvalue weighted by Crippen LogP contribution is -2.48. The van der Waals surface area contributed by atoms with Crippen LogP contribution >= 0.6 is 0 Å². The van der Waals surface area contributed by atoms with Crippen molar-refractivity contribution in [3.05, 3.63) is 0 Å². The van der Waals surface area contributed by atoms with Gasteiger partial charge in [-0.2, -0.15) is 0 Å². The fraction of sp³-hybridized carbons (Fsp3) is 0.889. The number of ether oxygens (including phenoxy) is 1. The third kappa shape index (κ3) is 1.97.